The third kappa shape index (κ3) is 11.8. The van der Waals surface area contributed by atoms with E-state index in [0.717, 1.165) is 32.6 Å². The highest BCUT2D eigenvalue weighted by Crippen LogP contribution is 2.33. The van der Waals surface area contributed by atoms with E-state index in [-0.39, 0.29) is 60.1 Å². The summed E-state index contributed by atoms with van der Waals surface area (Å²) in [5.41, 5.74) is 5.70. The molecule has 0 aliphatic rings. The minimum Gasteiger partial charge on any atom is -0.423 e. The van der Waals surface area contributed by atoms with E-state index < -0.39 is 60.1 Å². The van der Waals surface area contributed by atoms with Gasteiger partial charge in [-0.15, -0.1) is 0 Å². The first kappa shape index (κ1) is 39.9. The summed E-state index contributed by atoms with van der Waals surface area (Å²) < 4.78 is 20.6. The van der Waals surface area contributed by atoms with Crippen molar-refractivity contribution in [2.75, 3.05) is 19.6 Å². The van der Waals surface area contributed by atoms with Crippen LogP contribution in [0.4, 0.5) is 0 Å². The number of nitrogens with one attached hydrogen (secondary N) is 2. The fourth-order valence-electron chi connectivity index (χ4n) is 4.84. The molecule has 0 aliphatic carbocycles. The van der Waals surface area contributed by atoms with Gasteiger partial charge in [-0.2, -0.15) is 0 Å². The lowest BCUT2D eigenvalue weighted by Gasteiger charge is -2.25. The Labute approximate surface area is 298 Å². The van der Waals surface area contributed by atoms with Crippen LogP contribution in [0.2, 0.25) is 0 Å². The van der Waals surface area contributed by atoms with E-state index in [4.69, 9.17) is 24.7 Å². The van der Waals surface area contributed by atoms with Crippen molar-refractivity contribution in [2.45, 2.75) is 46.6 Å². The number of ether oxygens (including phenoxy) is 4. The number of amides is 4. The first-order chi connectivity index (χ1) is 24.7. The van der Waals surface area contributed by atoms with Gasteiger partial charge in [-0.05, 0) is 42.7 Å². The van der Waals surface area contributed by atoms with Crippen molar-refractivity contribution in [1.29, 1.82) is 0 Å². The molecule has 4 N–H and O–H groups in total. The maximum Gasteiger partial charge on any atom is 0.308 e. The minimum atomic E-state index is -1.21. The largest absolute Gasteiger partial charge is 0.423 e. The molecule has 16 heteroatoms. The van der Waals surface area contributed by atoms with Crippen molar-refractivity contribution < 1.29 is 57.3 Å². The van der Waals surface area contributed by atoms with E-state index in [2.05, 4.69) is 10.6 Å². The lowest BCUT2D eigenvalue weighted by molar-refractivity contribution is -0.134. The molecular formula is C36H38N4O12. The SMILES string of the molecule is CC(=O)Oc1cccc(C(=O)NCCCCN(CC(=O)N[C@@H](C(N)=O)c2ccccc2)C(=O)c2cccc(OC(C)=O)c2OC(C)=O)c1OC(C)=O. The molecule has 3 rings (SSSR count). The summed E-state index contributed by atoms with van der Waals surface area (Å²) >= 11 is 0. The summed E-state index contributed by atoms with van der Waals surface area (Å²) in [6, 6.07) is 15.2. The number of primary amides is 1. The summed E-state index contributed by atoms with van der Waals surface area (Å²) in [6.45, 7) is 3.89. The van der Waals surface area contributed by atoms with Crippen LogP contribution in [-0.2, 0) is 28.8 Å². The number of nitrogens with zero attached hydrogens (tertiary/aromatic N) is 1. The Morgan fingerprint density at radius 1 is 0.654 bits per heavy atom. The third-order valence-corrected chi connectivity index (χ3v) is 6.92. The van der Waals surface area contributed by atoms with E-state index in [9.17, 15) is 38.4 Å². The number of para-hydroxylation sites is 2. The molecule has 0 aliphatic heterocycles. The highest BCUT2D eigenvalue weighted by Gasteiger charge is 2.28. The average Bonchev–Trinajstić information content (AvgIpc) is 3.07. The summed E-state index contributed by atoms with van der Waals surface area (Å²) in [6.07, 6.45) is 0.482. The maximum atomic E-state index is 14.0. The summed E-state index contributed by atoms with van der Waals surface area (Å²) in [5.74, 6) is -6.92. The van der Waals surface area contributed by atoms with Gasteiger partial charge in [-0.25, -0.2) is 0 Å². The van der Waals surface area contributed by atoms with Crippen molar-refractivity contribution in [1.82, 2.24) is 15.5 Å². The first-order valence-corrected chi connectivity index (χ1v) is 15.9. The van der Waals surface area contributed by atoms with Gasteiger partial charge in [0, 0.05) is 40.8 Å². The maximum absolute atomic E-state index is 14.0. The highest BCUT2D eigenvalue weighted by molar-refractivity contribution is 6.01. The Morgan fingerprint density at radius 2 is 1.17 bits per heavy atom. The Balaban J connectivity index is 1.82. The number of hydrogen-bond donors (Lipinski definition) is 3. The molecule has 0 heterocycles. The smallest absolute Gasteiger partial charge is 0.308 e. The van der Waals surface area contributed by atoms with E-state index in [0.29, 0.717) is 5.56 Å². The Bertz CT molecular complexity index is 1840. The van der Waals surface area contributed by atoms with Crippen LogP contribution in [0.15, 0.2) is 66.7 Å². The fourth-order valence-corrected chi connectivity index (χ4v) is 4.84. The van der Waals surface area contributed by atoms with Crippen LogP contribution < -0.4 is 35.3 Å². The van der Waals surface area contributed by atoms with Gasteiger partial charge in [0.2, 0.25) is 11.8 Å². The van der Waals surface area contributed by atoms with Gasteiger partial charge in [0.25, 0.3) is 11.8 Å². The number of unbranched alkanes of at least 4 members (excludes halogenated alkanes) is 1. The number of rotatable bonds is 16. The molecular weight excluding hydrogens is 680 g/mol. The molecule has 52 heavy (non-hydrogen) atoms. The van der Waals surface area contributed by atoms with Crippen LogP contribution in [0.3, 0.4) is 0 Å². The van der Waals surface area contributed by atoms with Crippen molar-refractivity contribution in [2.24, 2.45) is 5.73 Å². The normalized spacial score (nSPS) is 10.9. The molecule has 3 aromatic rings. The number of esters is 4. The van der Waals surface area contributed by atoms with E-state index >= 15 is 0 Å². The summed E-state index contributed by atoms with van der Waals surface area (Å²) in [7, 11) is 0. The minimum absolute atomic E-state index is 0.0583. The van der Waals surface area contributed by atoms with Gasteiger partial charge in [0.05, 0.1) is 17.7 Å². The molecule has 0 unspecified atom stereocenters. The van der Waals surface area contributed by atoms with Gasteiger partial charge in [0.15, 0.2) is 23.0 Å². The standard InChI is InChI=1S/C36H38N4O12/c1-21(41)49-28-16-10-14-26(32(28)51-23(3)43)35(47)38-18-8-9-19-40(20-30(45)39-31(34(37)46)25-12-6-5-7-13-25)36(48)27-15-11-17-29(50-22(2)42)33(27)52-24(4)44/h5-7,10-17,31H,8-9,18-20H2,1-4H3,(H2,37,46)(H,38,47)(H,39,45)/t31-/m1/s1. The molecule has 16 nitrogen and oxygen atoms in total. The topological polar surface area (TPSA) is 227 Å². The van der Waals surface area contributed by atoms with Gasteiger partial charge in [-0.1, -0.05) is 42.5 Å². The summed E-state index contributed by atoms with van der Waals surface area (Å²) in [4.78, 5) is 101. The van der Waals surface area contributed by atoms with Gasteiger partial charge < -0.3 is 40.2 Å². The van der Waals surface area contributed by atoms with E-state index in [1.54, 1.807) is 30.3 Å². The van der Waals surface area contributed by atoms with Crippen molar-refractivity contribution in [3.8, 4) is 23.0 Å². The molecule has 1 atom stereocenters. The highest BCUT2D eigenvalue weighted by atomic mass is 16.6. The number of carbonyl (C=O) groups is 8. The third-order valence-electron chi connectivity index (χ3n) is 6.92. The monoisotopic (exact) mass is 718 g/mol. The molecule has 0 aromatic heterocycles. The predicted octanol–water partition coefficient (Wildman–Crippen LogP) is 2.38. The van der Waals surface area contributed by atoms with Crippen LogP contribution in [0.5, 0.6) is 23.0 Å². The predicted molar refractivity (Wildman–Crippen MR) is 182 cm³/mol. The number of hydrogen-bond acceptors (Lipinski definition) is 12. The lowest BCUT2D eigenvalue weighted by Crippen LogP contribution is -2.45. The number of nitrogens with two attached hydrogens (primary N) is 1. The first-order valence-electron chi connectivity index (χ1n) is 15.9. The van der Waals surface area contributed by atoms with Crippen molar-refractivity contribution >= 4 is 47.5 Å². The van der Waals surface area contributed by atoms with Crippen LogP contribution in [0, 0.1) is 0 Å². The number of carbonyl (C=O) groups excluding carboxylic acids is 8. The van der Waals surface area contributed by atoms with Crippen LogP contribution >= 0.6 is 0 Å². The molecule has 274 valence electrons. The zero-order valence-electron chi connectivity index (χ0n) is 28.9. The molecule has 0 saturated heterocycles. The van der Waals surface area contributed by atoms with Gasteiger partial charge in [0.1, 0.15) is 6.04 Å². The Kier molecular flexibility index (Phi) is 14.5. The van der Waals surface area contributed by atoms with Gasteiger partial charge >= 0.3 is 23.9 Å². The fraction of sp³-hybridized carbons (Fsp3) is 0.278. The summed E-state index contributed by atoms with van der Waals surface area (Å²) in [5, 5.41) is 5.21. The van der Waals surface area contributed by atoms with Crippen molar-refractivity contribution in [3.63, 3.8) is 0 Å². The number of benzene rings is 3. The Hall–Kier alpha value is -6.58. The van der Waals surface area contributed by atoms with Gasteiger partial charge in [-0.3, -0.25) is 38.4 Å². The van der Waals surface area contributed by atoms with Crippen LogP contribution in [0.25, 0.3) is 0 Å². The van der Waals surface area contributed by atoms with Crippen LogP contribution in [0.1, 0.15) is 72.9 Å². The Morgan fingerprint density at radius 3 is 1.69 bits per heavy atom. The molecule has 0 saturated carbocycles. The molecule has 4 amide bonds. The molecule has 0 fully saturated rings. The second-order valence-electron chi connectivity index (χ2n) is 11.1. The average molecular weight is 719 g/mol. The zero-order valence-corrected chi connectivity index (χ0v) is 28.9. The quantitative estimate of drug-likeness (QED) is 0.110. The second-order valence-corrected chi connectivity index (χ2v) is 11.1. The second kappa shape index (κ2) is 19.0. The van der Waals surface area contributed by atoms with Crippen molar-refractivity contribution in [3.05, 3.63) is 83.4 Å². The molecule has 0 spiro atoms. The van der Waals surface area contributed by atoms with E-state index in [1.165, 1.54) is 36.4 Å². The molecule has 0 bridgehead atoms. The van der Waals surface area contributed by atoms with E-state index in [1.807, 2.05) is 0 Å². The molecule has 0 radical (unpaired) electrons. The van der Waals surface area contributed by atoms with Crippen LogP contribution in [-0.4, -0.2) is 72.0 Å². The lowest BCUT2D eigenvalue weighted by atomic mass is 10.1. The zero-order chi connectivity index (χ0) is 38.4. The molecule has 3 aromatic carbocycles.